The molecule has 0 aliphatic carbocycles. The number of piperidine rings is 2. The molecule has 1 N–H and O–H groups in total. The van der Waals surface area contributed by atoms with Gasteiger partial charge in [-0.25, -0.2) is 4.98 Å². The number of amides is 1. The van der Waals surface area contributed by atoms with Crippen LogP contribution in [-0.4, -0.2) is 87.9 Å². The molecule has 3 saturated heterocycles. The van der Waals surface area contributed by atoms with Gasteiger partial charge in [0.2, 0.25) is 5.91 Å². The van der Waals surface area contributed by atoms with Crippen molar-refractivity contribution >= 4 is 27.8 Å². The van der Waals surface area contributed by atoms with Crippen LogP contribution in [-0.2, 0) is 4.79 Å². The van der Waals surface area contributed by atoms with E-state index in [1.54, 1.807) is 0 Å². The molecule has 3 aromatic heterocycles. The van der Waals surface area contributed by atoms with E-state index in [2.05, 4.69) is 41.8 Å². The summed E-state index contributed by atoms with van der Waals surface area (Å²) in [5.41, 5.74) is 3.27. The van der Waals surface area contributed by atoms with Crippen molar-refractivity contribution in [1.82, 2.24) is 29.7 Å². The van der Waals surface area contributed by atoms with Gasteiger partial charge in [0.1, 0.15) is 5.65 Å². The second-order valence-corrected chi connectivity index (χ2v) is 10.6. The second-order valence-electron chi connectivity index (χ2n) is 10.6. The number of nitrogens with zero attached hydrogens (tertiary/aromatic N) is 5. The number of likely N-dealkylation sites (tertiary alicyclic amines) is 3. The largest absolute Gasteiger partial charge is 0.346 e. The molecule has 7 heteroatoms. The quantitative estimate of drug-likeness (QED) is 0.630. The summed E-state index contributed by atoms with van der Waals surface area (Å²) in [5, 5.41) is 2.40. The molecule has 3 aliphatic rings. The molecular weight excluding hydrogens is 424 g/mol. The van der Waals surface area contributed by atoms with Gasteiger partial charge in [-0.15, -0.1) is 0 Å². The van der Waals surface area contributed by atoms with Crippen molar-refractivity contribution in [2.75, 3.05) is 52.4 Å². The monoisotopic (exact) mass is 460 g/mol. The van der Waals surface area contributed by atoms with Crippen molar-refractivity contribution in [2.45, 2.75) is 44.4 Å². The number of fused-ring (bicyclic) bond motifs is 3. The third kappa shape index (κ3) is 4.43. The Hall–Kier alpha value is -2.51. The Bertz CT molecular complexity index is 1140. The highest BCUT2D eigenvalue weighted by molar-refractivity contribution is 6.05. The number of carbonyl (C=O) groups excluding carboxylic acids is 1. The van der Waals surface area contributed by atoms with Gasteiger partial charge >= 0.3 is 0 Å². The minimum Gasteiger partial charge on any atom is -0.346 e. The van der Waals surface area contributed by atoms with Gasteiger partial charge in [-0.2, -0.15) is 0 Å². The topological polar surface area (TPSA) is 68.4 Å². The van der Waals surface area contributed by atoms with Gasteiger partial charge in [0.05, 0.1) is 18.3 Å². The van der Waals surface area contributed by atoms with E-state index in [4.69, 9.17) is 0 Å². The number of H-pyrrole nitrogens is 1. The molecule has 0 spiro atoms. The summed E-state index contributed by atoms with van der Waals surface area (Å²) in [6.45, 7) is 8.10. The lowest BCUT2D eigenvalue weighted by atomic mass is 9.87. The number of aromatic amines is 1. The van der Waals surface area contributed by atoms with Crippen LogP contribution in [0.4, 0.5) is 0 Å². The number of nitrogens with one attached hydrogen (secondary N) is 1. The van der Waals surface area contributed by atoms with E-state index < -0.39 is 0 Å². The van der Waals surface area contributed by atoms with E-state index in [1.807, 2.05) is 18.6 Å². The first-order valence-electron chi connectivity index (χ1n) is 13.2. The summed E-state index contributed by atoms with van der Waals surface area (Å²) >= 11 is 0. The third-order valence-electron chi connectivity index (χ3n) is 8.30. The van der Waals surface area contributed by atoms with Crippen LogP contribution >= 0.6 is 0 Å². The molecule has 1 atom stereocenters. The van der Waals surface area contributed by atoms with Crippen LogP contribution in [0.5, 0.6) is 0 Å². The molecular formula is C27H36N6O. The molecule has 1 amide bonds. The number of aromatic nitrogens is 3. The van der Waals surface area contributed by atoms with E-state index in [1.165, 1.54) is 49.8 Å². The van der Waals surface area contributed by atoms with Crippen LogP contribution in [0.1, 0.15) is 50.0 Å². The standard InChI is InChI=1S/C27H36N6O/c34-25(33-13-3-4-20(18-33)17-31-11-1-2-12-31)19-32-14-7-21(8-15-32)22-5-9-28-24-16-30-27-23(26(22)24)6-10-29-27/h5-6,9-10,16,20-21H,1-4,7-8,11-15,17-19H2,(H,29,30). The Morgan fingerprint density at radius 3 is 2.68 bits per heavy atom. The average Bonchev–Trinajstić information content (AvgIpc) is 3.56. The van der Waals surface area contributed by atoms with Crippen molar-refractivity contribution in [3.63, 3.8) is 0 Å². The second kappa shape index (κ2) is 9.62. The highest BCUT2D eigenvalue weighted by Gasteiger charge is 2.29. The maximum absolute atomic E-state index is 13.1. The van der Waals surface area contributed by atoms with Gasteiger partial charge in [-0.3, -0.25) is 14.7 Å². The zero-order valence-corrected chi connectivity index (χ0v) is 20.1. The molecule has 1 unspecified atom stereocenters. The maximum atomic E-state index is 13.1. The summed E-state index contributed by atoms with van der Waals surface area (Å²) in [7, 11) is 0. The van der Waals surface area contributed by atoms with Crippen molar-refractivity contribution in [3.8, 4) is 0 Å². The van der Waals surface area contributed by atoms with Gasteiger partial charge in [-0.1, -0.05) is 0 Å². The fourth-order valence-electron chi connectivity index (χ4n) is 6.48. The smallest absolute Gasteiger partial charge is 0.236 e. The van der Waals surface area contributed by atoms with E-state index in [9.17, 15) is 4.79 Å². The zero-order valence-electron chi connectivity index (χ0n) is 20.1. The lowest BCUT2D eigenvalue weighted by Crippen LogP contribution is -2.48. The predicted octanol–water partition coefficient (Wildman–Crippen LogP) is 3.62. The van der Waals surface area contributed by atoms with Crippen LogP contribution in [0.3, 0.4) is 0 Å². The summed E-state index contributed by atoms with van der Waals surface area (Å²) in [6.07, 6.45) is 13.0. The molecule has 180 valence electrons. The van der Waals surface area contributed by atoms with Crippen molar-refractivity contribution in [3.05, 3.63) is 36.3 Å². The number of rotatable bonds is 5. The number of pyridine rings is 2. The fourth-order valence-corrected chi connectivity index (χ4v) is 6.48. The van der Waals surface area contributed by atoms with Gasteiger partial charge in [-0.05, 0) is 94.2 Å². The van der Waals surface area contributed by atoms with Crippen molar-refractivity contribution < 1.29 is 4.79 Å². The number of hydrogen-bond donors (Lipinski definition) is 1. The first-order chi connectivity index (χ1) is 16.7. The first kappa shape index (κ1) is 22.0. The molecule has 34 heavy (non-hydrogen) atoms. The Morgan fingerprint density at radius 2 is 1.82 bits per heavy atom. The SMILES string of the molecule is O=C(CN1CCC(c2ccnc3cnc4[nH]ccc4c23)CC1)N1CCCC(CN2CCCC2)C1. The summed E-state index contributed by atoms with van der Waals surface area (Å²) < 4.78 is 0. The lowest BCUT2D eigenvalue weighted by Gasteiger charge is -2.37. The number of hydrogen-bond acceptors (Lipinski definition) is 5. The minimum absolute atomic E-state index is 0.332. The van der Waals surface area contributed by atoms with Gasteiger partial charge in [0.25, 0.3) is 0 Å². The number of carbonyl (C=O) groups is 1. The summed E-state index contributed by atoms with van der Waals surface area (Å²) in [4.78, 5) is 32.6. The highest BCUT2D eigenvalue weighted by Crippen LogP contribution is 2.35. The Balaban J connectivity index is 1.07. The Labute approximate surface area is 201 Å². The molecule has 7 nitrogen and oxygen atoms in total. The minimum atomic E-state index is 0.332. The Morgan fingerprint density at radius 1 is 0.971 bits per heavy atom. The molecule has 3 fully saturated rings. The molecule has 0 bridgehead atoms. The van der Waals surface area contributed by atoms with Crippen LogP contribution in [0, 0.1) is 5.92 Å². The van der Waals surface area contributed by atoms with Crippen LogP contribution in [0.25, 0.3) is 21.9 Å². The summed E-state index contributed by atoms with van der Waals surface area (Å²) in [5.74, 6) is 1.48. The van der Waals surface area contributed by atoms with E-state index in [-0.39, 0.29) is 0 Å². The fraction of sp³-hybridized carbons (Fsp3) is 0.593. The van der Waals surface area contributed by atoms with Crippen LogP contribution in [0.15, 0.2) is 30.7 Å². The lowest BCUT2D eigenvalue weighted by molar-refractivity contribution is -0.134. The normalized spacial score (nSPS) is 23.3. The predicted molar refractivity (Wildman–Crippen MR) is 135 cm³/mol. The molecule has 0 saturated carbocycles. The molecule has 6 heterocycles. The van der Waals surface area contributed by atoms with Crippen molar-refractivity contribution in [2.24, 2.45) is 5.92 Å². The van der Waals surface area contributed by atoms with Crippen LogP contribution < -0.4 is 0 Å². The maximum Gasteiger partial charge on any atom is 0.236 e. The molecule has 3 aromatic rings. The highest BCUT2D eigenvalue weighted by atomic mass is 16.2. The molecule has 0 aromatic carbocycles. The molecule has 0 radical (unpaired) electrons. The van der Waals surface area contributed by atoms with Gasteiger partial charge in [0, 0.05) is 42.8 Å². The Kier molecular flexibility index (Phi) is 6.22. The third-order valence-corrected chi connectivity index (χ3v) is 8.30. The first-order valence-corrected chi connectivity index (χ1v) is 13.2. The zero-order chi connectivity index (χ0) is 22.9. The molecule has 3 aliphatic heterocycles. The van der Waals surface area contributed by atoms with Gasteiger partial charge in [0.15, 0.2) is 0 Å². The van der Waals surface area contributed by atoms with E-state index in [0.29, 0.717) is 24.3 Å². The average molecular weight is 461 g/mol. The van der Waals surface area contributed by atoms with Crippen LogP contribution in [0.2, 0.25) is 0 Å². The molecule has 6 rings (SSSR count). The van der Waals surface area contributed by atoms with E-state index in [0.717, 1.165) is 62.0 Å². The van der Waals surface area contributed by atoms with Crippen molar-refractivity contribution in [1.29, 1.82) is 0 Å². The van der Waals surface area contributed by atoms with E-state index >= 15 is 0 Å². The summed E-state index contributed by atoms with van der Waals surface area (Å²) in [6, 6.07) is 4.30. The van der Waals surface area contributed by atoms with Gasteiger partial charge < -0.3 is 14.8 Å².